The number of carbonyl (C=O) groups is 3. The molecule has 0 bridgehead atoms. The maximum atomic E-state index is 12.7. The van der Waals surface area contributed by atoms with Crippen LogP contribution < -0.4 is 28.4 Å². The van der Waals surface area contributed by atoms with E-state index in [-0.39, 0.29) is 42.5 Å². The Morgan fingerprint density at radius 3 is 1.20 bits per heavy atom. The number of aryl methyl sites for hydroxylation is 2. The third kappa shape index (κ3) is 10.9. The topological polar surface area (TPSA) is 87.3 Å². The number of hydrogen-bond donors (Lipinski definition) is 3. The summed E-state index contributed by atoms with van der Waals surface area (Å²) in [6, 6.07) is 29.0. The van der Waals surface area contributed by atoms with Crippen LogP contribution in [-0.4, -0.2) is 17.7 Å². The Kier molecular flexibility index (Phi) is 15.2. The molecule has 0 unspecified atom stereocenters. The number of nitrogens with one attached hydrogen (secondary N) is 3. The molecule has 4 aromatic carbocycles. The van der Waals surface area contributed by atoms with E-state index in [1.165, 1.54) is 43.2 Å². The van der Waals surface area contributed by atoms with E-state index in [4.69, 9.17) is 0 Å². The van der Waals surface area contributed by atoms with Crippen molar-refractivity contribution >= 4 is 47.2 Å². The summed E-state index contributed by atoms with van der Waals surface area (Å²) in [5.41, 5.74) is 5.92. The third-order valence-electron chi connectivity index (χ3n) is 7.22. The Balaban J connectivity index is 0.00000337. The van der Waals surface area contributed by atoms with Gasteiger partial charge in [0.05, 0.1) is 0 Å². The number of rotatable bonds is 13. The first kappa shape index (κ1) is 36.1. The second kappa shape index (κ2) is 18.5. The molecule has 0 spiro atoms. The normalized spacial score (nSPS) is 10.1. The van der Waals surface area contributed by atoms with Crippen molar-refractivity contribution in [1.29, 1.82) is 0 Å². The number of halogens is 2. The molecular weight excluding hydrogens is 593 g/mol. The molecule has 6 nitrogen and oxygen atoms in total. The number of anilines is 3. The van der Waals surface area contributed by atoms with E-state index in [0.29, 0.717) is 33.8 Å². The van der Waals surface area contributed by atoms with Crippen LogP contribution in [0.5, 0.6) is 0 Å². The van der Waals surface area contributed by atoms with Gasteiger partial charge in [0.15, 0.2) is 0 Å². The molecule has 0 aliphatic rings. The number of carbonyl (C=O) groups excluding carboxylic acids is 3. The van der Waals surface area contributed by atoms with Crippen LogP contribution in [0, 0.1) is 0 Å². The van der Waals surface area contributed by atoms with E-state index >= 15 is 0 Å². The number of benzene rings is 4. The van der Waals surface area contributed by atoms with Gasteiger partial charge in [-0.2, -0.15) is 0 Å². The van der Waals surface area contributed by atoms with E-state index < -0.39 is 0 Å². The molecule has 0 aliphatic carbocycles. The summed E-state index contributed by atoms with van der Waals surface area (Å²) < 4.78 is 0. The first-order valence-electron chi connectivity index (χ1n) is 14.8. The molecule has 44 heavy (non-hydrogen) atoms. The van der Waals surface area contributed by atoms with Crippen LogP contribution in [0.2, 0.25) is 0 Å². The maximum Gasteiger partial charge on any atom is 0.255 e. The minimum absolute atomic E-state index is 0. The molecule has 0 saturated heterocycles. The highest BCUT2D eigenvalue weighted by Gasteiger charge is 2.10. The van der Waals surface area contributed by atoms with Gasteiger partial charge < -0.3 is 28.4 Å². The van der Waals surface area contributed by atoms with E-state index in [9.17, 15) is 14.4 Å². The fourth-order valence-corrected chi connectivity index (χ4v) is 4.60. The fraction of sp³-hybridized carbons (Fsp3) is 0.250. The molecule has 4 rings (SSSR count). The maximum absolute atomic E-state index is 12.7. The first-order valence-corrected chi connectivity index (χ1v) is 14.8. The van der Waals surface area contributed by atoms with Crippen molar-refractivity contribution in [2.24, 2.45) is 0 Å². The van der Waals surface area contributed by atoms with Crippen molar-refractivity contribution < 1.29 is 26.8 Å². The van der Waals surface area contributed by atoms with E-state index in [0.717, 1.165) is 12.8 Å². The highest BCUT2D eigenvalue weighted by molar-refractivity contribution is 6.07. The van der Waals surface area contributed by atoms with E-state index in [1.807, 2.05) is 36.4 Å². The lowest BCUT2D eigenvalue weighted by molar-refractivity contribution is -0.0000311. The number of unbranched alkanes of at least 4 members (excludes halogenated alkanes) is 4. The van der Waals surface area contributed by atoms with Crippen LogP contribution in [0.4, 0.5) is 17.1 Å². The minimum Gasteiger partial charge on any atom is -1.00 e. The Morgan fingerprint density at radius 2 is 0.818 bits per heavy atom. The van der Waals surface area contributed by atoms with Gasteiger partial charge in [-0.25, -0.2) is 0 Å². The Morgan fingerprint density at radius 1 is 0.477 bits per heavy atom. The van der Waals surface area contributed by atoms with Gasteiger partial charge in [-0.1, -0.05) is 63.8 Å². The molecule has 3 amide bonds. The number of hydrogen-bond acceptors (Lipinski definition) is 3. The quantitative estimate of drug-likeness (QED) is 0.159. The lowest BCUT2D eigenvalue weighted by Gasteiger charge is -2.10. The summed E-state index contributed by atoms with van der Waals surface area (Å²) in [4.78, 5) is 38.0. The van der Waals surface area contributed by atoms with Crippen molar-refractivity contribution in [3.8, 4) is 0 Å². The zero-order chi connectivity index (χ0) is 29.7. The van der Waals surface area contributed by atoms with Crippen LogP contribution in [0.3, 0.4) is 0 Å². The third-order valence-corrected chi connectivity index (χ3v) is 7.22. The summed E-state index contributed by atoms with van der Waals surface area (Å²) in [7, 11) is 0. The molecule has 0 aromatic heterocycles. The van der Waals surface area contributed by atoms with Crippen LogP contribution in [0.15, 0.2) is 97.1 Å². The van der Waals surface area contributed by atoms with Crippen molar-refractivity contribution in [2.75, 3.05) is 16.0 Å². The summed E-state index contributed by atoms with van der Waals surface area (Å²) in [5.74, 6) is -0.649. The zero-order valence-electron chi connectivity index (χ0n) is 25.2. The van der Waals surface area contributed by atoms with Gasteiger partial charge in [-0.05, 0) is 103 Å². The van der Waals surface area contributed by atoms with Gasteiger partial charge in [0.1, 0.15) is 0 Å². The summed E-state index contributed by atoms with van der Waals surface area (Å²) in [6.45, 7) is 4.29. The van der Waals surface area contributed by atoms with Crippen molar-refractivity contribution in [2.45, 2.75) is 58.8 Å². The van der Waals surface area contributed by atoms with Crippen molar-refractivity contribution in [3.63, 3.8) is 0 Å². The highest BCUT2D eigenvalue weighted by Crippen LogP contribution is 2.18. The van der Waals surface area contributed by atoms with Gasteiger partial charge in [0.25, 0.3) is 17.7 Å². The smallest absolute Gasteiger partial charge is 0.255 e. The Hall–Kier alpha value is -4.13. The molecule has 0 fully saturated rings. The van der Waals surface area contributed by atoms with Crippen LogP contribution in [0.1, 0.15) is 88.2 Å². The van der Waals surface area contributed by atoms with Crippen LogP contribution in [-0.2, 0) is 12.8 Å². The minimum atomic E-state index is -0.273. The summed E-state index contributed by atoms with van der Waals surface area (Å²) >= 11 is 0. The first-order chi connectivity index (χ1) is 20.4. The average Bonchev–Trinajstić information content (AvgIpc) is 3.02. The van der Waals surface area contributed by atoms with Crippen molar-refractivity contribution in [1.82, 2.24) is 0 Å². The zero-order valence-corrected chi connectivity index (χ0v) is 26.8. The van der Waals surface area contributed by atoms with Crippen molar-refractivity contribution in [3.05, 3.63) is 125 Å². The van der Waals surface area contributed by atoms with Gasteiger partial charge in [0.2, 0.25) is 0 Å². The fourth-order valence-electron chi connectivity index (χ4n) is 4.60. The molecule has 8 heteroatoms. The second-order valence-electron chi connectivity index (χ2n) is 10.4. The van der Waals surface area contributed by atoms with Crippen LogP contribution >= 0.6 is 12.4 Å². The monoisotopic (exact) mass is 632 g/mol. The second-order valence-corrected chi connectivity index (χ2v) is 10.4. The highest BCUT2D eigenvalue weighted by atomic mass is 35.5. The predicted octanol–water partition coefficient (Wildman–Crippen LogP) is 5.94. The lowest BCUT2D eigenvalue weighted by atomic mass is 10.0. The summed E-state index contributed by atoms with van der Waals surface area (Å²) in [6.07, 6.45) is 8.18. The van der Waals surface area contributed by atoms with E-state index in [2.05, 4.69) is 29.8 Å². The lowest BCUT2D eigenvalue weighted by Crippen LogP contribution is -3.00. The van der Waals surface area contributed by atoms with Crippen LogP contribution in [0.25, 0.3) is 0 Å². The molecule has 0 aliphatic heterocycles. The van der Waals surface area contributed by atoms with E-state index in [1.54, 1.807) is 60.7 Å². The van der Waals surface area contributed by atoms with Gasteiger partial charge >= 0.3 is 0 Å². The number of amides is 3. The van der Waals surface area contributed by atoms with Gasteiger partial charge in [-0.15, -0.1) is 12.4 Å². The molecule has 4 aromatic rings. The summed E-state index contributed by atoms with van der Waals surface area (Å²) in [5, 5.41) is 8.63. The molecular formula is C36H40Cl2N3O3-. The Bertz CT molecular complexity index is 1470. The molecule has 0 heterocycles. The molecule has 3 N–H and O–H groups in total. The molecule has 0 saturated carbocycles. The SMILES string of the molecule is CCCCCCCc1ccc(C(=O)Nc2ccc(NC(=O)c3ccc(NC(=O)c4ccc(CC)cc4)cc3)cc2)cc1.Cl.[Cl-]. The van der Waals surface area contributed by atoms with Gasteiger partial charge in [0, 0.05) is 33.8 Å². The largest absolute Gasteiger partial charge is 1.00 e. The van der Waals surface area contributed by atoms with Gasteiger partial charge in [-0.3, -0.25) is 14.4 Å². The molecule has 0 radical (unpaired) electrons. The molecule has 232 valence electrons. The predicted molar refractivity (Wildman–Crippen MR) is 179 cm³/mol. The average molecular weight is 634 g/mol. The Labute approximate surface area is 272 Å². The standard InChI is InChI=1S/C36H39N3O3.2ClH/c1-3-5-6-7-8-9-27-12-16-29(17-13-27)35(41)38-32-22-24-33(25-23-32)39-36(42)30-18-20-31(21-19-30)37-34(40)28-14-10-26(4-2)11-15-28;;/h10-25H,3-9H2,1-2H3,(H,37,40)(H,38,41)(H,39,42);2*1H/p-1. The molecule has 0 atom stereocenters.